The van der Waals surface area contributed by atoms with Gasteiger partial charge in [-0.3, -0.25) is 0 Å². The topological polar surface area (TPSA) is 0 Å². The van der Waals surface area contributed by atoms with Crippen molar-refractivity contribution in [1.82, 2.24) is 0 Å². The molecule has 232 valence electrons. The minimum absolute atomic E-state index is 0.392. The van der Waals surface area contributed by atoms with E-state index >= 15 is 0 Å². The number of hydrogen-bond acceptors (Lipinski definition) is 2. The summed E-state index contributed by atoms with van der Waals surface area (Å²) in [6.07, 6.45) is 2.21. The molecule has 7 aromatic carbocycles. The Kier molecular flexibility index (Phi) is 5.82. The van der Waals surface area contributed by atoms with Gasteiger partial charge in [0.05, 0.1) is 10.8 Å². The molecular formula is C47H32S2. The van der Waals surface area contributed by atoms with E-state index in [9.17, 15) is 0 Å². The molecular weight excluding hydrogens is 629 g/mol. The van der Waals surface area contributed by atoms with E-state index in [1.807, 2.05) is 23.5 Å². The van der Waals surface area contributed by atoms with E-state index in [0.717, 1.165) is 12.8 Å². The summed E-state index contributed by atoms with van der Waals surface area (Å²) in [5.74, 6) is 0. The standard InChI is InChI=1S/C47H32S2/c1-2-14-29-15-13-23-39-45(29)49-44-26-12-9-22-38(44)47(39)35-19-6-4-17-31(35)33-27-40-32(28-41(33)47)30-16-3-5-18-34(30)46(40)36-20-7-10-24-42(36)48-43-25-11-8-21-37(43)46/h3-13,15-28H,2,14H2,1H3. The Labute approximate surface area is 296 Å². The highest BCUT2D eigenvalue weighted by atomic mass is 32.2. The van der Waals surface area contributed by atoms with Crippen LogP contribution in [0.5, 0.6) is 0 Å². The number of benzene rings is 7. The molecule has 2 heterocycles. The van der Waals surface area contributed by atoms with E-state index in [1.54, 1.807) is 0 Å². The van der Waals surface area contributed by atoms with Crippen molar-refractivity contribution in [2.24, 2.45) is 0 Å². The fourth-order valence-corrected chi connectivity index (χ4v) is 12.3. The quantitative estimate of drug-likeness (QED) is 0.181. The zero-order valence-electron chi connectivity index (χ0n) is 27.2. The van der Waals surface area contributed by atoms with Gasteiger partial charge in [0.1, 0.15) is 0 Å². The van der Waals surface area contributed by atoms with E-state index < -0.39 is 10.8 Å². The Morgan fingerprint density at radius 2 is 0.816 bits per heavy atom. The second-order valence-corrected chi connectivity index (χ2v) is 15.9. The average molecular weight is 661 g/mol. The van der Waals surface area contributed by atoms with Gasteiger partial charge in [0.15, 0.2) is 0 Å². The van der Waals surface area contributed by atoms with Crippen molar-refractivity contribution < 1.29 is 0 Å². The smallest absolute Gasteiger partial charge is 0.0735 e. The van der Waals surface area contributed by atoms with Gasteiger partial charge in [-0.05, 0) is 109 Å². The lowest BCUT2D eigenvalue weighted by atomic mass is 9.65. The molecule has 4 aliphatic rings. The molecule has 11 rings (SSSR count). The Balaban J connectivity index is 1.31. The first-order valence-electron chi connectivity index (χ1n) is 17.4. The van der Waals surface area contributed by atoms with Gasteiger partial charge < -0.3 is 0 Å². The first-order valence-corrected chi connectivity index (χ1v) is 19.0. The van der Waals surface area contributed by atoms with Crippen LogP contribution in [-0.4, -0.2) is 0 Å². The Morgan fingerprint density at radius 3 is 1.35 bits per heavy atom. The van der Waals surface area contributed by atoms with Crippen molar-refractivity contribution in [2.75, 3.05) is 0 Å². The van der Waals surface area contributed by atoms with Gasteiger partial charge in [-0.25, -0.2) is 0 Å². The third-order valence-electron chi connectivity index (χ3n) is 11.5. The first-order chi connectivity index (χ1) is 24.3. The number of hydrogen-bond donors (Lipinski definition) is 0. The van der Waals surface area contributed by atoms with Crippen LogP contribution in [-0.2, 0) is 17.3 Å². The predicted molar refractivity (Wildman–Crippen MR) is 203 cm³/mol. The summed E-state index contributed by atoms with van der Waals surface area (Å²) in [6, 6.07) is 58.3. The highest BCUT2D eigenvalue weighted by Crippen LogP contribution is 2.67. The molecule has 49 heavy (non-hydrogen) atoms. The molecule has 0 amide bonds. The summed E-state index contributed by atoms with van der Waals surface area (Å²) in [5, 5.41) is 0. The summed E-state index contributed by atoms with van der Waals surface area (Å²) in [4.78, 5) is 5.50. The lowest BCUT2D eigenvalue weighted by Crippen LogP contribution is -2.33. The fraction of sp³-hybridized carbons (Fsp3) is 0.106. The lowest BCUT2D eigenvalue weighted by Gasteiger charge is -2.41. The second-order valence-electron chi connectivity index (χ2n) is 13.8. The van der Waals surface area contributed by atoms with E-state index in [0.29, 0.717) is 0 Å². The predicted octanol–water partition coefficient (Wildman–Crippen LogP) is 12.3. The van der Waals surface area contributed by atoms with Crippen LogP contribution in [0.25, 0.3) is 22.3 Å². The van der Waals surface area contributed by atoms with Gasteiger partial charge in [0, 0.05) is 19.6 Å². The summed E-state index contributed by atoms with van der Waals surface area (Å²) >= 11 is 3.88. The van der Waals surface area contributed by atoms with Gasteiger partial charge in [-0.15, -0.1) is 0 Å². The molecule has 2 heteroatoms. The SMILES string of the molecule is CCCc1cccc2c1Sc1ccccc1C21c2ccccc2-c2cc3c(cc21)-c1ccccc1C31c2ccccc2Sc2ccccc21. The third-order valence-corrected chi connectivity index (χ3v) is 13.9. The fourth-order valence-electron chi connectivity index (χ4n) is 9.79. The number of fused-ring (bicyclic) bond motifs is 18. The van der Waals surface area contributed by atoms with Crippen LogP contribution >= 0.6 is 23.5 Å². The van der Waals surface area contributed by atoms with E-state index in [1.165, 1.54) is 91.9 Å². The number of aryl methyl sites for hydroxylation is 1. The van der Waals surface area contributed by atoms with Crippen LogP contribution in [0.1, 0.15) is 63.4 Å². The highest BCUT2D eigenvalue weighted by Gasteiger charge is 2.55. The molecule has 0 fully saturated rings. The van der Waals surface area contributed by atoms with Crippen molar-refractivity contribution in [3.63, 3.8) is 0 Å². The van der Waals surface area contributed by atoms with Crippen LogP contribution in [0.3, 0.4) is 0 Å². The maximum absolute atomic E-state index is 2.62. The molecule has 0 bridgehead atoms. The zero-order valence-corrected chi connectivity index (χ0v) is 28.8. The summed E-state index contributed by atoms with van der Waals surface area (Å²) < 4.78 is 0. The van der Waals surface area contributed by atoms with E-state index in [-0.39, 0.29) is 0 Å². The van der Waals surface area contributed by atoms with Crippen LogP contribution in [0.15, 0.2) is 171 Å². The Morgan fingerprint density at radius 1 is 0.388 bits per heavy atom. The monoisotopic (exact) mass is 660 g/mol. The van der Waals surface area contributed by atoms with Crippen molar-refractivity contribution in [3.8, 4) is 22.3 Å². The van der Waals surface area contributed by atoms with Crippen molar-refractivity contribution in [2.45, 2.75) is 50.2 Å². The minimum Gasteiger partial charge on any atom is -0.0894 e. The number of rotatable bonds is 2. The molecule has 0 aromatic heterocycles. The van der Waals surface area contributed by atoms with Crippen LogP contribution in [0, 0.1) is 0 Å². The molecule has 2 spiro atoms. The van der Waals surface area contributed by atoms with Crippen molar-refractivity contribution >= 4 is 23.5 Å². The van der Waals surface area contributed by atoms with Crippen molar-refractivity contribution in [1.29, 1.82) is 0 Å². The molecule has 1 unspecified atom stereocenters. The van der Waals surface area contributed by atoms with E-state index in [2.05, 4.69) is 159 Å². The molecule has 2 aliphatic heterocycles. The Bertz CT molecular complexity index is 2490. The molecule has 0 saturated carbocycles. The molecule has 7 aromatic rings. The molecule has 0 nitrogen and oxygen atoms in total. The van der Waals surface area contributed by atoms with Crippen LogP contribution in [0.4, 0.5) is 0 Å². The second kappa shape index (κ2) is 10.1. The molecule has 0 N–H and O–H groups in total. The van der Waals surface area contributed by atoms with Gasteiger partial charge in [-0.1, -0.05) is 158 Å². The van der Waals surface area contributed by atoms with Gasteiger partial charge in [-0.2, -0.15) is 0 Å². The molecule has 2 aliphatic carbocycles. The van der Waals surface area contributed by atoms with Crippen molar-refractivity contribution in [3.05, 3.63) is 202 Å². The average Bonchev–Trinajstić information content (AvgIpc) is 3.60. The first kappa shape index (κ1) is 28.1. The third kappa shape index (κ3) is 3.39. The van der Waals surface area contributed by atoms with Gasteiger partial charge >= 0.3 is 0 Å². The maximum Gasteiger partial charge on any atom is 0.0735 e. The van der Waals surface area contributed by atoms with Gasteiger partial charge in [0.25, 0.3) is 0 Å². The van der Waals surface area contributed by atoms with Crippen LogP contribution < -0.4 is 0 Å². The Hall–Kier alpha value is -4.76. The minimum atomic E-state index is -0.398. The van der Waals surface area contributed by atoms with E-state index in [4.69, 9.17) is 0 Å². The summed E-state index contributed by atoms with van der Waals surface area (Å²) in [7, 11) is 0. The molecule has 1 atom stereocenters. The highest BCUT2D eigenvalue weighted by molar-refractivity contribution is 7.99. The van der Waals surface area contributed by atoms with Crippen LogP contribution in [0.2, 0.25) is 0 Å². The summed E-state index contributed by atoms with van der Waals surface area (Å²) in [6.45, 7) is 2.30. The molecule has 0 saturated heterocycles. The maximum atomic E-state index is 2.62. The molecule has 0 radical (unpaired) electrons. The zero-order chi connectivity index (χ0) is 32.3. The normalized spacial score (nSPS) is 17.7. The van der Waals surface area contributed by atoms with Gasteiger partial charge in [0.2, 0.25) is 0 Å². The largest absolute Gasteiger partial charge is 0.0894 e. The lowest BCUT2D eigenvalue weighted by molar-refractivity contribution is 0.709. The summed E-state index contributed by atoms with van der Waals surface area (Å²) in [5.41, 5.74) is 17.3.